The number of anilines is 1. The van der Waals surface area contributed by atoms with E-state index in [2.05, 4.69) is 30.5 Å². The third-order valence-electron chi connectivity index (χ3n) is 4.35. The lowest BCUT2D eigenvalue weighted by atomic mass is 10.2. The lowest BCUT2D eigenvalue weighted by Crippen LogP contribution is -2.23. The minimum atomic E-state index is -1.10. The van der Waals surface area contributed by atoms with Crippen molar-refractivity contribution < 1.29 is 24.1 Å². The molecule has 4 rings (SSSR count). The normalized spacial score (nSPS) is 11.1. The topological polar surface area (TPSA) is 171 Å². The molecule has 0 fully saturated rings. The molecule has 0 unspecified atom stereocenters. The van der Waals surface area contributed by atoms with Crippen LogP contribution in [-0.4, -0.2) is 49.7 Å². The van der Waals surface area contributed by atoms with Crippen molar-refractivity contribution in [1.82, 2.24) is 25.3 Å². The molecule has 4 aromatic rings. The Morgan fingerprint density at radius 1 is 1.19 bits per heavy atom. The fourth-order valence-corrected chi connectivity index (χ4v) is 2.98. The number of para-hydroxylation sites is 3. The second kappa shape index (κ2) is 8.95. The fraction of sp³-hybridized carbons (Fsp3) is 0.100. The summed E-state index contributed by atoms with van der Waals surface area (Å²) in [5.74, 6) is -0.833. The average molecular weight is 435 g/mol. The Morgan fingerprint density at radius 2 is 1.97 bits per heavy atom. The van der Waals surface area contributed by atoms with Crippen LogP contribution < -0.4 is 15.9 Å². The lowest BCUT2D eigenvalue weighted by Gasteiger charge is -2.07. The second-order valence-electron chi connectivity index (χ2n) is 6.52. The van der Waals surface area contributed by atoms with Crippen molar-refractivity contribution in [3.63, 3.8) is 0 Å². The molecule has 2 heterocycles. The maximum Gasteiger partial charge on any atom is 0.341 e. The van der Waals surface area contributed by atoms with Gasteiger partial charge in [0.05, 0.1) is 17.2 Å². The number of hydrogen-bond acceptors (Lipinski definition) is 9. The number of imidazole rings is 1. The second-order valence-corrected chi connectivity index (χ2v) is 6.52. The molecule has 0 bridgehead atoms. The highest BCUT2D eigenvalue weighted by atomic mass is 16.6. The van der Waals surface area contributed by atoms with E-state index in [1.165, 1.54) is 6.21 Å². The van der Waals surface area contributed by atoms with Crippen LogP contribution in [0.4, 0.5) is 5.82 Å². The van der Waals surface area contributed by atoms with Crippen molar-refractivity contribution in [3.8, 4) is 17.3 Å². The Balaban J connectivity index is 1.52. The summed E-state index contributed by atoms with van der Waals surface area (Å²) in [5, 5.41) is 20.1. The van der Waals surface area contributed by atoms with E-state index in [9.17, 15) is 9.59 Å². The van der Waals surface area contributed by atoms with Crippen LogP contribution in [0, 0.1) is 0 Å². The first-order valence-corrected chi connectivity index (χ1v) is 9.32. The quantitative estimate of drug-likeness (QED) is 0.272. The van der Waals surface area contributed by atoms with E-state index < -0.39 is 18.5 Å². The lowest BCUT2D eigenvalue weighted by molar-refractivity contribution is -0.139. The number of hydrazone groups is 1. The molecular formula is C20H17N7O5. The highest BCUT2D eigenvalue weighted by molar-refractivity contribution is 5.87. The number of rotatable bonds is 8. The molecule has 12 heteroatoms. The summed E-state index contributed by atoms with van der Waals surface area (Å²) in [6.45, 7) is -0.621. The highest BCUT2D eigenvalue weighted by Gasteiger charge is 2.20. The molecule has 0 aliphatic carbocycles. The van der Waals surface area contributed by atoms with Crippen molar-refractivity contribution in [2.45, 2.75) is 6.54 Å². The van der Waals surface area contributed by atoms with Gasteiger partial charge in [-0.15, -0.1) is 0 Å². The minimum Gasteiger partial charge on any atom is -0.481 e. The van der Waals surface area contributed by atoms with Crippen molar-refractivity contribution in [2.24, 2.45) is 5.10 Å². The van der Waals surface area contributed by atoms with E-state index in [-0.39, 0.29) is 18.1 Å². The van der Waals surface area contributed by atoms with Gasteiger partial charge in [0.2, 0.25) is 0 Å². The number of nitrogens with two attached hydrogens (primary N) is 1. The molecule has 0 saturated heterocycles. The third-order valence-corrected chi connectivity index (χ3v) is 4.35. The molecular weight excluding hydrogens is 418 g/mol. The number of nitrogen functional groups attached to an aromatic ring is 1. The van der Waals surface area contributed by atoms with E-state index in [4.69, 9.17) is 15.6 Å². The average Bonchev–Trinajstić information content (AvgIpc) is 3.36. The van der Waals surface area contributed by atoms with Gasteiger partial charge in [0, 0.05) is 5.56 Å². The molecule has 0 saturated carbocycles. The Morgan fingerprint density at radius 3 is 2.75 bits per heavy atom. The SMILES string of the molecule is Nc1nonc1-c1nc2ccccc2n1CC(=O)N/N=C/c1ccccc1OCC(=O)O. The molecule has 2 aromatic carbocycles. The number of aliphatic carboxylic acids is 1. The molecule has 1 amide bonds. The molecule has 32 heavy (non-hydrogen) atoms. The first-order valence-electron chi connectivity index (χ1n) is 9.32. The smallest absolute Gasteiger partial charge is 0.341 e. The fourth-order valence-electron chi connectivity index (χ4n) is 2.98. The van der Waals surface area contributed by atoms with Crippen LogP contribution in [-0.2, 0) is 16.1 Å². The first-order chi connectivity index (χ1) is 15.5. The van der Waals surface area contributed by atoms with Gasteiger partial charge in [-0.3, -0.25) is 4.79 Å². The predicted molar refractivity (Wildman–Crippen MR) is 113 cm³/mol. The highest BCUT2D eigenvalue weighted by Crippen LogP contribution is 2.26. The van der Waals surface area contributed by atoms with Crippen LogP contribution in [0.2, 0.25) is 0 Å². The summed E-state index contributed by atoms with van der Waals surface area (Å²) in [7, 11) is 0. The number of fused-ring (bicyclic) bond motifs is 1. The van der Waals surface area contributed by atoms with Crippen LogP contribution in [0.15, 0.2) is 58.3 Å². The molecule has 12 nitrogen and oxygen atoms in total. The Bertz CT molecular complexity index is 1310. The van der Waals surface area contributed by atoms with Gasteiger partial charge < -0.3 is 20.1 Å². The summed E-state index contributed by atoms with van der Waals surface area (Å²) in [6, 6.07) is 14.0. The Hall–Kier alpha value is -4.74. The van der Waals surface area contributed by atoms with Gasteiger partial charge in [-0.05, 0) is 34.6 Å². The number of hydrogen-bond donors (Lipinski definition) is 3. The Labute approximate surface area is 180 Å². The molecule has 0 spiro atoms. The van der Waals surface area contributed by atoms with Gasteiger partial charge in [0.25, 0.3) is 5.91 Å². The Kier molecular flexibility index (Phi) is 5.74. The number of nitrogens with one attached hydrogen (secondary N) is 1. The maximum atomic E-state index is 12.6. The van der Waals surface area contributed by atoms with Crippen molar-refractivity contribution in [3.05, 3.63) is 54.1 Å². The number of carbonyl (C=O) groups is 2. The van der Waals surface area contributed by atoms with Crippen LogP contribution >= 0.6 is 0 Å². The van der Waals surface area contributed by atoms with E-state index in [1.807, 2.05) is 18.2 Å². The molecule has 0 radical (unpaired) electrons. The van der Waals surface area contributed by atoms with Gasteiger partial charge >= 0.3 is 5.97 Å². The first kappa shape index (κ1) is 20.5. The minimum absolute atomic E-state index is 0.0537. The number of aromatic nitrogens is 4. The maximum absolute atomic E-state index is 12.6. The summed E-state index contributed by atoms with van der Waals surface area (Å²) in [5.41, 5.74) is 10.3. The summed E-state index contributed by atoms with van der Waals surface area (Å²) in [4.78, 5) is 27.8. The van der Waals surface area contributed by atoms with Gasteiger partial charge in [-0.1, -0.05) is 24.3 Å². The molecule has 4 N–H and O–H groups in total. The van der Waals surface area contributed by atoms with Crippen molar-refractivity contribution >= 4 is 34.9 Å². The standard InChI is InChI=1S/C20H17N7O5/c21-19-18(25-32-26-19)20-23-13-6-2-3-7-14(13)27(20)10-16(28)24-22-9-12-5-1-4-8-15(12)31-11-17(29)30/h1-9H,10-11H2,(H2,21,26)(H,24,28)(H,29,30)/b22-9+. The molecule has 162 valence electrons. The molecule has 0 aliphatic heterocycles. The van der Waals surface area contributed by atoms with Gasteiger partial charge in [-0.2, -0.15) is 5.10 Å². The monoisotopic (exact) mass is 435 g/mol. The zero-order valence-electron chi connectivity index (χ0n) is 16.5. The van der Waals surface area contributed by atoms with Crippen LogP contribution in [0.1, 0.15) is 5.56 Å². The summed E-state index contributed by atoms with van der Waals surface area (Å²) >= 11 is 0. The number of carboxylic acid groups (broad SMARTS) is 1. The summed E-state index contributed by atoms with van der Waals surface area (Å²) < 4.78 is 11.5. The number of ether oxygens (including phenoxy) is 1. The molecule has 2 aromatic heterocycles. The number of carboxylic acids is 1. The number of benzene rings is 2. The van der Waals surface area contributed by atoms with Gasteiger partial charge in [-0.25, -0.2) is 19.8 Å². The third kappa shape index (κ3) is 4.38. The zero-order valence-corrected chi connectivity index (χ0v) is 16.5. The van der Waals surface area contributed by atoms with Gasteiger partial charge in [0.15, 0.2) is 23.9 Å². The number of carbonyl (C=O) groups excluding carboxylic acids is 1. The van der Waals surface area contributed by atoms with E-state index in [0.29, 0.717) is 28.2 Å². The van der Waals surface area contributed by atoms with Crippen LogP contribution in [0.3, 0.4) is 0 Å². The van der Waals surface area contributed by atoms with Crippen molar-refractivity contribution in [2.75, 3.05) is 12.3 Å². The number of amides is 1. The zero-order chi connectivity index (χ0) is 22.5. The van der Waals surface area contributed by atoms with Crippen molar-refractivity contribution in [1.29, 1.82) is 0 Å². The van der Waals surface area contributed by atoms with E-state index in [1.54, 1.807) is 34.9 Å². The molecule has 0 atom stereocenters. The predicted octanol–water partition coefficient (Wildman–Crippen LogP) is 1.28. The van der Waals surface area contributed by atoms with Crippen LogP contribution in [0.5, 0.6) is 5.75 Å². The number of nitrogens with zero attached hydrogens (tertiary/aromatic N) is 5. The van der Waals surface area contributed by atoms with Gasteiger partial charge in [0.1, 0.15) is 12.3 Å². The van der Waals surface area contributed by atoms with E-state index >= 15 is 0 Å². The molecule has 0 aliphatic rings. The van der Waals surface area contributed by atoms with E-state index in [0.717, 1.165) is 0 Å². The van der Waals surface area contributed by atoms with Crippen LogP contribution in [0.25, 0.3) is 22.6 Å². The largest absolute Gasteiger partial charge is 0.481 e. The summed E-state index contributed by atoms with van der Waals surface area (Å²) in [6.07, 6.45) is 1.36.